The Morgan fingerprint density at radius 1 is 1.50 bits per heavy atom. The SMILES string of the molecule is Cc1ccc(CNCCC2CCOC2)nc1. The van der Waals surface area contributed by atoms with Crippen molar-refractivity contribution in [2.75, 3.05) is 19.8 Å². The van der Waals surface area contributed by atoms with Crippen molar-refractivity contribution in [2.45, 2.75) is 26.3 Å². The minimum atomic E-state index is 0.762. The number of rotatable bonds is 5. The number of hydrogen-bond donors (Lipinski definition) is 1. The highest BCUT2D eigenvalue weighted by atomic mass is 16.5. The Hall–Kier alpha value is -0.930. The zero-order valence-electron chi connectivity index (χ0n) is 9.91. The number of ether oxygens (including phenoxy) is 1. The van der Waals surface area contributed by atoms with Gasteiger partial charge < -0.3 is 10.1 Å². The summed E-state index contributed by atoms with van der Waals surface area (Å²) in [5, 5.41) is 3.43. The zero-order chi connectivity index (χ0) is 11.2. The molecule has 0 aromatic carbocycles. The number of hydrogen-bond acceptors (Lipinski definition) is 3. The van der Waals surface area contributed by atoms with E-state index in [1.807, 2.05) is 6.20 Å². The molecule has 0 amide bonds. The van der Waals surface area contributed by atoms with Crippen LogP contribution in [-0.2, 0) is 11.3 Å². The summed E-state index contributed by atoms with van der Waals surface area (Å²) in [7, 11) is 0. The van der Waals surface area contributed by atoms with E-state index in [-0.39, 0.29) is 0 Å². The third-order valence-electron chi connectivity index (χ3n) is 3.03. The Bertz CT molecular complexity index is 304. The summed E-state index contributed by atoms with van der Waals surface area (Å²) in [4.78, 5) is 4.36. The second kappa shape index (κ2) is 5.97. The highest BCUT2D eigenvalue weighted by Gasteiger charge is 2.14. The Morgan fingerprint density at radius 2 is 2.44 bits per heavy atom. The maximum atomic E-state index is 5.35. The van der Waals surface area contributed by atoms with Crippen LogP contribution in [0.1, 0.15) is 24.1 Å². The van der Waals surface area contributed by atoms with Gasteiger partial charge in [-0.3, -0.25) is 4.98 Å². The van der Waals surface area contributed by atoms with Gasteiger partial charge in [-0.15, -0.1) is 0 Å². The van der Waals surface area contributed by atoms with Crippen molar-refractivity contribution in [1.29, 1.82) is 0 Å². The number of aromatic nitrogens is 1. The molecule has 1 saturated heterocycles. The molecule has 2 rings (SSSR count). The Labute approximate surface area is 97.2 Å². The Morgan fingerprint density at radius 3 is 3.12 bits per heavy atom. The van der Waals surface area contributed by atoms with Gasteiger partial charge in [0, 0.05) is 26.0 Å². The summed E-state index contributed by atoms with van der Waals surface area (Å²) in [6, 6.07) is 4.19. The molecule has 1 unspecified atom stereocenters. The molecule has 88 valence electrons. The first-order valence-corrected chi connectivity index (χ1v) is 6.04. The standard InChI is InChI=1S/C13H20N2O/c1-11-2-3-13(15-8-11)9-14-6-4-12-5-7-16-10-12/h2-3,8,12,14H,4-7,9-10H2,1H3. The molecule has 2 heterocycles. The van der Waals surface area contributed by atoms with Crippen LogP contribution in [0.15, 0.2) is 18.3 Å². The van der Waals surface area contributed by atoms with Gasteiger partial charge in [0.05, 0.1) is 5.69 Å². The van der Waals surface area contributed by atoms with E-state index in [1.165, 1.54) is 18.4 Å². The minimum absolute atomic E-state index is 0.762. The molecule has 1 N–H and O–H groups in total. The van der Waals surface area contributed by atoms with E-state index in [1.54, 1.807) is 0 Å². The van der Waals surface area contributed by atoms with Gasteiger partial charge in [0.2, 0.25) is 0 Å². The van der Waals surface area contributed by atoms with Gasteiger partial charge in [-0.2, -0.15) is 0 Å². The van der Waals surface area contributed by atoms with Crippen LogP contribution in [0.5, 0.6) is 0 Å². The van der Waals surface area contributed by atoms with Crippen molar-refractivity contribution in [1.82, 2.24) is 10.3 Å². The summed E-state index contributed by atoms with van der Waals surface area (Å²) >= 11 is 0. The Kier molecular flexibility index (Phi) is 4.31. The molecule has 0 aliphatic carbocycles. The zero-order valence-corrected chi connectivity index (χ0v) is 9.91. The summed E-state index contributed by atoms with van der Waals surface area (Å²) in [5.41, 5.74) is 2.33. The van der Waals surface area contributed by atoms with Crippen LogP contribution in [-0.4, -0.2) is 24.7 Å². The highest BCUT2D eigenvalue weighted by molar-refractivity contribution is 5.11. The van der Waals surface area contributed by atoms with E-state index in [0.717, 1.165) is 37.9 Å². The van der Waals surface area contributed by atoms with Gasteiger partial charge >= 0.3 is 0 Å². The van der Waals surface area contributed by atoms with E-state index in [9.17, 15) is 0 Å². The average Bonchev–Trinajstić information content (AvgIpc) is 2.80. The maximum Gasteiger partial charge on any atom is 0.0541 e. The van der Waals surface area contributed by atoms with Crippen molar-refractivity contribution in [3.63, 3.8) is 0 Å². The van der Waals surface area contributed by atoms with E-state index in [2.05, 4.69) is 29.4 Å². The number of nitrogens with one attached hydrogen (secondary N) is 1. The van der Waals surface area contributed by atoms with E-state index >= 15 is 0 Å². The van der Waals surface area contributed by atoms with Crippen molar-refractivity contribution < 1.29 is 4.74 Å². The molecule has 16 heavy (non-hydrogen) atoms. The van der Waals surface area contributed by atoms with Crippen molar-refractivity contribution in [3.05, 3.63) is 29.6 Å². The first-order chi connectivity index (χ1) is 7.84. The molecule has 1 atom stereocenters. The maximum absolute atomic E-state index is 5.35. The van der Waals surface area contributed by atoms with E-state index < -0.39 is 0 Å². The van der Waals surface area contributed by atoms with Crippen LogP contribution in [0, 0.1) is 12.8 Å². The average molecular weight is 220 g/mol. The lowest BCUT2D eigenvalue weighted by molar-refractivity contribution is 0.184. The second-order valence-electron chi connectivity index (χ2n) is 4.52. The molecule has 0 bridgehead atoms. The molecule has 1 fully saturated rings. The normalized spacial score (nSPS) is 20.2. The molecule has 3 heteroatoms. The van der Waals surface area contributed by atoms with Crippen LogP contribution in [0.3, 0.4) is 0 Å². The third kappa shape index (κ3) is 3.58. The van der Waals surface area contributed by atoms with Gasteiger partial charge in [0.25, 0.3) is 0 Å². The van der Waals surface area contributed by atoms with Crippen molar-refractivity contribution in [3.8, 4) is 0 Å². The van der Waals surface area contributed by atoms with Gasteiger partial charge in [-0.05, 0) is 43.9 Å². The fourth-order valence-electron chi connectivity index (χ4n) is 1.94. The van der Waals surface area contributed by atoms with Crippen LogP contribution >= 0.6 is 0 Å². The smallest absolute Gasteiger partial charge is 0.0541 e. The fourth-order valence-corrected chi connectivity index (χ4v) is 1.94. The largest absolute Gasteiger partial charge is 0.381 e. The van der Waals surface area contributed by atoms with Crippen molar-refractivity contribution >= 4 is 0 Å². The number of aryl methyl sites for hydroxylation is 1. The van der Waals surface area contributed by atoms with Crippen LogP contribution in [0.25, 0.3) is 0 Å². The lowest BCUT2D eigenvalue weighted by Crippen LogP contribution is -2.18. The van der Waals surface area contributed by atoms with Gasteiger partial charge in [-0.1, -0.05) is 6.07 Å². The molecule has 1 aliphatic rings. The van der Waals surface area contributed by atoms with Crippen molar-refractivity contribution in [2.24, 2.45) is 5.92 Å². The predicted molar refractivity (Wildman–Crippen MR) is 64.2 cm³/mol. The number of pyridine rings is 1. The molecule has 3 nitrogen and oxygen atoms in total. The lowest BCUT2D eigenvalue weighted by atomic mass is 10.1. The molecular formula is C13H20N2O. The first kappa shape index (κ1) is 11.6. The third-order valence-corrected chi connectivity index (χ3v) is 3.03. The topological polar surface area (TPSA) is 34.1 Å². The molecule has 0 saturated carbocycles. The van der Waals surface area contributed by atoms with Gasteiger partial charge in [0.1, 0.15) is 0 Å². The summed E-state index contributed by atoms with van der Waals surface area (Å²) in [6.45, 7) is 5.89. The van der Waals surface area contributed by atoms with E-state index in [4.69, 9.17) is 4.74 Å². The highest BCUT2D eigenvalue weighted by Crippen LogP contribution is 2.15. The molecule has 1 aromatic rings. The monoisotopic (exact) mass is 220 g/mol. The quantitative estimate of drug-likeness (QED) is 0.770. The summed E-state index contributed by atoms with van der Waals surface area (Å²) in [5.74, 6) is 0.762. The fraction of sp³-hybridized carbons (Fsp3) is 0.615. The predicted octanol–water partition coefficient (Wildman–Crippen LogP) is 1.91. The number of nitrogens with zero attached hydrogens (tertiary/aromatic N) is 1. The van der Waals surface area contributed by atoms with Gasteiger partial charge in [-0.25, -0.2) is 0 Å². The van der Waals surface area contributed by atoms with Crippen LogP contribution < -0.4 is 5.32 Å². The minimum Gasteiger partial charge on any atom is -0.381 e. The second-order valence-corrected chi connectivity index (χ2v) is 4.52. The summed E-state index contributed by atoms with van der Waals surface area (Å²) in [6.07, 6.45) is 4.36. The molecule has 1 aliphatic heterocycles. The molecule has 1 aromatic heterocycles. The molecule has 0 radical (unpaired) electrons. The first-order valence-electron chi connectivity index (χ1n) is 6.04. The molecular weight excluding hydrogens is 200 g/mol. The van der Waals surface area contributed by atoms with E-state index in [0.29, 0.717) is 0 Å². The van der Waals surface area contributed by atoms with Crippen LogP contribution in [0.4, 0.5) is 0 Å². The summed E-state index contributed by atoms with van der Waals surface area (Å²) < 4.78 is 5.35. The van der Waals surface area contributed by atoms with Crippen LogP contribution in [0.2, 0.25) is 0 Å². The Balaban J connectivity index is 1.62. The molecule has 0 spiro atoms. The van der Waals surface area contributed by atoms with Gasteiger partial charge in [0.15, 0.2) is 0 Å². The lowest BCUT2D eigenvalue weighted by Gasteiger charge is -2.08.